The van der Waals surface area contributed by atoms with E-state index in [0.717, 1.165) is 25.9 Å². The summed E-state index contributed by atoms with van der Waals surface area (Å²) in [5.41, 5.74) is 0.555. The molecule has 5 heteroatoms. The summed E-state index contributed by atoms with van der Waals surface area (Å²) >= 11 is 5.97. The number of ketones is 1. The van der Waals surface area contributed by atoms with Crippen molar-refractivity contribution in [1.82, 2.24) is 15.1 Å². The number of aromatic nitrogens is 2. The van der Waals surface area contributed by atoms with Crippen LogP contribution in [0.25, 0.3) is 0 Å². The van der Waals surface area contributed by atoms with Crippen LogP contribution < -0.4 is 5.32 Å². The smallest absolute Gasteiger partial charge is 0.182 e. The molecule has 0 aromatic carbocycles. The van der Waals surface area contributed by atoms with Gasteiger partial charge in [-0.05, 0) is 26.4 Å². The van der Waals surface area contributed by atoms with Gasteiger partial charge in [0, 0.05) is 13.0 Å². The first-order valence-corrected chi connectivity index (χ1v) is 5.97. The van der Waals surface area contributed by atoms with Gasteiger partial charge in [-0.25, -0.2) is 0 Å². The second kappa shape index (κ2) is 6.66. The Balaban J connectivity index is 2.69. The number of aryl methyl sites for hydroxylation is 1. The molecule has 0 aliphatic heterocycles. The van der Waals surface area contributed by atoms with Gasteiger partial charge in [-0.1, -0.05) is 18.5 Å². The van der Waals surface area contributed by atoms with Crippen LogP contribution in [0, 0.1) is 0 Å². The van der Waals surface area contributed by atoms with E-state index in [9.17, 15) is 4.79 Å². The fourth-order valence-electron chi connectivity index (χ4n) is 1.57. The highest BCUT2D eigenvalue weighted by Gasteiger charge is 2.16. The van der Waals surface area contributed by atoms with Gasteiger partial charge in [0.25, 0.3) is 0 Å². The first-order valence-electron chi connectivity index (χ1n) is 5.59. The molecule has 0 bridgehead atoms. The Morgan fingerprint density at radius 2 is 2.38 bits per heavy atom. The van der Waals surface area contributed by atoms with E-state index in [1.54, 1.807) is 10.9 Å². The number of nitrogens with zero attached hydrogens (tertiary/aromatic N) is 2. The molecule has 0 saturated heterocycles. The van der Waals surface area contributed by atoms with Crippen LogP contribution in [0.3, 0.4) is 0 Å². The predicted octanol–water partition coefficient (Wildman–Crippen LogP) is 2.13. The van der Waals surface area contributed by atoms with Gasteiger partial charge in [0.1, 0.15) is 5.69 Å². The van der Waals surface area contributed by atoms with Gasteiger partial charge in [-0.3, -0.25) is 9.48 Å². The largest absolute Gasteiger partial charge is 0.320 e. The first-order chi connectivity index (χ1) is 7.70. The number of hydrogen-bond donors (Lipinski definition) is 1. The molecule has 1 heterocycles. The van der Waals surface area contributed by atoms with E-state index < -0.39 is 0 Å². The van der Waals surface area contributed by atoms with E-state index in [-0.39, 0.29) is 5.78 Å². The average Bonchev–Trinajstić information content (AvgIpc) is 2.61. The molecular formula is C11H18ClN3O. The van der Waals surface area contributed by atoms with Crippen LogP contribution >= 0.6 is 11.6 Å². The van der Waals surface area contributed by atoms with Gasteiger partial charge in [-0.2, -0.15) is 5.10 Å². The number of carbonyl (C=O) groups excluding carboxylic acids is 1. The van der Waals surface area contributed by atoms with Crippen LogP contribution in [0.15, 0.2) is 6.20 Å². The molecule has 1 N–H and O–H groups in total. The lowest BCUT2D eigenvalue weighted by atomic mass is 10.1. The van der Waals surface area contributed by atoms with Crippen LogP contribution in [0.5, 0.6) is 0 Å². The normalized spacial score (nSPS) is 10.7. The van der Waals surface area contributed by atoms with Crippen molar-refractivity contribution in [1.29, 1.82) is 0 Å². The molecule has 0 fully saturated rings. The van der Waals surface area contributed by atoms with Gasteiger partial charge >= 0.3 is 0 Å². The highest BCUT2D eigenvalue weighted by atomic mass is 35.5. The van der Waals surface area contributed by atoms with Gasteiger partial charge < -0.3 is 5.32 Å². The number of halogens is 1. The van der Waals surface area contributed by atoms with Crippen LogP contribution in [0.4, 0.5) is 0 Å². The molecule has 1 rings (SSSR count). The van der Waals surface area contributed by atoms with E-state index in [4.69, 9.17) is 11.6 Å². The van der Waals surface area contributed by atoms with Crippen molar-refractivity contribution in [2.75, 3.05) is 13.6 Å². The number of Topliss-reactive ketones (excluding diaryl/α,β-unsaturated/α-hetero) is 1. The first kappa shape index (κ1) is 13.2. The summed E-state index contributed by atoms with van der Waals surface area (Å²) in [6.07, 6.45) is 3.82. The lowest BCUT2D eigenvalue weighted by Gasteiger charge is -2.05. The SMILES string of the molecule is CCCn1ncc(Cl)c1C(=O)CCCNC. The number of carbonyl (C=O) groups is 1. The fraction of sp³-hybridized carbons (Fsp3) is 0.636. The molecule has 1 aromatic rings. The second-order valence-corrected chi connectivity index (χ2v) is 4.10. The molecule has 0 atom stereocenters. The molecule has 0 aliphatic carbocycles. The summed E-state index contributed by atoms with van der Waals surface area (Å²) in [6.45, 7) is 3.62. The minimum absolute atomic E-state index is 0.0752. The van der Waals surface area contributed by atoms with Crippen molar-refractivity contribution in [3.05, 3.63) is 16.9 Å². The number of nitrogens with one attached hydrogen (secondary N) is 1. The maximum Gasteiger partial charge on any atom is 0.182 e. The molecule has 0 radical (unpaired) electrons. The quantitative estimate of drug-likeness (QED) is 0.590. The zero-order chi connectivity index (χ0) is 12.0. The van der Waals surface area contributed by atoms with Crippen molar-refractivity contribution < 1.29 is 4.79 Å². The van der Waals surface area contributed by atoms with Crippen LogP contribution in [0.1, 0.15) is 36.7 Å². The van der Waals surface area contributed by atoms with Gasteiger partial charge in [0.05, 0.1) is 11.2 Å². The Kier molecular flexibility index (Phi) is 5.49. The predicted molar refractivity (Wildman–Crippen MR) is 65.0 cm³/mol. The zero-order valence-electron chi connectivity index (χ0n) is 9.79. The Labute approximate surface area is 101 Å². The third-order valence-electron chi connectivity index (χ3n) is 2.32. The molecule has 16 heavy (non-hydrogen) atoms. The van der Waals surface area contributed by atoms with E-state index in [0.29, 0.717) is 17.1 Å². The summed E-state index contributed by atoms with van der Waals surface area (Å²) in [5.74, 6) is 0.0752. The highest BCUT2D eigenvalue weighted by molar-refractivity contribution is 6.33. The summed E-state index contributed by atoms with van der Waals surface area (Å²) in [5, 5.41) is 7.58. The van der Waals surface area contributed by atoms with Gasteiger partial charge in [0.2, 0.25) is 0 Å². The fourth-order valence-corrected chi connectivity index (χ4v) is 1.81. The third-order valence-corrected chi connectivity index (χ3v) is 2.60. The molecule has 0 spiro atoms. The molecular weight excluding hydrogens is 226 g/mol. The van der Waals surface area contributed by atoms with Crippen molar-refractivity contribution in [2.45, 2.75) is 32.7 Å². The van der Waals surface area contributed by atoms with Crippen molar-refractivity contribution >= 4 is 17.4 Å². The Morgan fingerprint density at radius 3 is 3.00 bits per heavy atom. The van der Waals surface area contributed by atoms with Crippen molar-refractivity contribution in [3.63, 3.8) is 0 Å². The monoisotopic (exact) mass is 243 g/mol. The lowest BCUT2D eigenvalue weighted by Crippen LogP contribution is -2.14. The van der Waals surface area contributed by atoms with Crippen LogP contribution in [0.2, 0.25) is 5.02 Å². The Morgan fingerprint density at radius 1 is 1.62 bits per heavy atom. The summed E-state index contributed by atoms with van der Waals surface area (Å²) in [4.78, 5) is 11.9. The number of rotatable bonds is 7. The van der Waals surface area contributed by atoms with Crippen molar-refractivity contribution in [2.24, 2.45) is 0 Å². The van der Waals surface area contributed by atoms with Crippen LogP contribution in [-0.2, 0) is 6.54 Å². The second-order valence-electron chi connectivity index (χ2n) is 3.69. The van der Waals surface area contributed by atoms with E-state index >= 15 is 0 Å². The van der Waals surface area contributed by atoms with E-state index in [2.05, 4.69) is 10.4 Å². The number of hydrogen-bond acceptors (Lipinski definition) is 3. The van der Waals surface area contributed by atoms with Crippen molar-refractivity contribution in [3.8, 4) is 0 Å². The topological polar surface area (TPSA) is 46.9 Å². The third kappa shape index (κ3) is 3.32. The molecule has 4 nitrogen and oxygen atoms in total. The summed E-state index contributed by atoms with van der Waals surface area (Å²) in [7, 11) is 1.87. The van der Waals surface area contributed by atoms with E-state index in [1.807, 2.05) is 14.0 Å². The maximum absolute atomic E-state index is 11.9. The minimum Gasteiger partial charge on any atom is -0.320 e. The van der Waals surface area contributed by atoms with Crippen LogP contribution in [-0.4, -0.2) is 29.2 Å². The molecule has 0 unspecified atom stereocenters. The molecule has 0 saturated carbocycles. The lowest BCUT2D eigenvalue weighted by molar-refractivity contribution is 0.0969. The molecule has 0 amide bonds. The highest BCUT2D eigenvalue weighted by Crippen LogP contribution is 2.17. The molecule has 90 valence electrons. The summed E-state index contributed by atoms with van der Waals surface area (Å²) in [6, 6.07) is 0. The molecule has 0 aliphatic rings. The zero-order valence-corrected chi connectivity index (χ0v) is 10.5. The minimum atomic E-state index is 0.0752. The maximum atomic E-state index is 11.9. The molecule has 1 aromatic heterocycles. The Bertz CT molecular complexity index is 349. The van der Waals surface area contributed by atoms with Gasteiger partial charge in [-0.15, -0.1) is 0 Å². The summed E-state index contributed by atoms with van der Waals surface area (Å²) < 4.78 is 1.70. The standard InChI is InChI=1S/C11H18ClN3O/c1-3-7-15-11(9(12)8-14-15)10(16)5-4-6-13-2/h8,13H,3-7H2,1-2H3. The Hall–Kier alpha value is -0.870. The average molecular weight is 244 g/mol. The van der Waals surface area contributed by atoms with E-state index in [1.165, 1.54) is 0 Å². The van der Waals surface area contributed by atoms with Gasteiger partial charge in [0.15, 0.2) is 5.78 Å².